The van der Waals surface area contributed by atoms with Crippen molar-refractivity contribution in [3.8, 4) is 0 Å². The Bertz CT molecular complexity index is 413. The van der Waals surface area contributed by atoms with Crippen molar-refractivity contribution in [2.45, 2.75) is 45.7 Å². The molecule has 1 aliphatic heterocycles. The maximum absolute atomic E-state index is 3.79. The van der Waals surface area contributed by atoms with Gasteiger partial charge in [-0.1, -0.05) is 35.0 Å². The molecule has 2 nitrogen and oxygen atoms in total. The van der Waals surface area contributed by atoms with Crippen LogP contribution in [0.1, 0.15) is 45.2 Å². The van der Waals surface area contributed by atoms with Crippen LogP contribution in [0.2, 0.25) is 0 Å². The average molecular weight is 339 g/mol. The second-order valence-electron chi connectivity index (χ2n) is 6.00. The fraction of sp³-hybridized carbons (Fsp3) is 0.647. The Morgan fingerprint density at radius 2 is 2.00 bits per heavy atom. The summed E-state index contributed by atoms with van der Waals surface area (Å²) in [6.45, 7) is 10.6. The Hall–Kier alpha value is -0.380. The Morgan fingerprint density at radius 3 is 2.60 bits per heavy atom. The first-order valence-corrected chi connectivity index (χ1v) is 8.63. The third-order valence-corrected chi connectivity index (χ3v) is 5.14. The summed E-state index contributed by atoms with van der Waals surface area (Å²) in [7, 11) is 0. The molecule has 2 rings (SSSR count). The summed E-state index contributed by atoms with van der Waals surface area (Å²) in [4.78, 5) is 2.56. The monoisotopic (exact) mass is 338 g/mol. The van der Waals surface area contributed by atoms with Crippen LogP contribution in [0.4, 0.5) is 0 Å². The van der Waals surface area contributed by atoms with E-state index >= 15 is 0 Å². The van der Waals surface area contributed by atoms with Crippen molar-refractivity contribution in [3.63, 3.8) is 0 Å². The van der Waals surface area contributed by atoms with E-state index in [4.69, 9.17) is 0 Å². The molecule has 0 amide bonds. The molecule has 1 fully saturated rings. The van der Waals surface area contributed by atoms with E-state index in [1.54, 1.807) is 0 Å². The lowest BCUT2D eigenvalue weighted by Crippen LogP contribution is -2.42. The van der Waals surface area contributed by atoms with Crippen LogP contribution >= 0.6 is 15.9 Å². The molecule has 1 N–H and O–H groups in total. The molecular weight excluding hydrogens is 312 g/mol. The van der Waals surface area contributed by atoms with Gasteiger partial charge in [-0.25, -0.2) is 0 Å². The number of benzene rings is 1. The van der Waals surface area contributed by atoms with Crippen LogP contribution in [0, 0.1) is 5.92 Å². The molecule has 1 unspecified atom stereocenters. The number of halogens is 1. The topological polar surface area (TPSA) is 15.3 Å². The second-order valence-corrected chi connectivity index (χ2v) is 6.92. The summed E-state index contributed by atoms with van der Waals surface area (Å²) in [5.41, 5.74) is 1.36. The SMILES string of the molecule is CCN1CCC(C(C)N[C@@H](C)c2cccc(Br)c2)CC1. The third-order valence-electron chi connectivity index (χ3n) is 4.65. The van der Waals surface area contributed by atoms with Crippen molar-refractivity contribution in [2.24, 2.45) is 5.92 Å². The van der Waals surface area contributed by atoms with E-state index in [0.717, 1.165) is 10.4 Å². The molecule has 1 aliphatic rings. The van der Waals surface area contributed by atoms with Crippen molar-refractivity contribution in [3.05, 3.63) is 34.3 Å². The predicted molar refractivity (Wildman–Crippen MR) is 90.0 cm³/mol. The van der Waals surface area contributed by atoms with Crippen LogP contribution < -0.4 is 5.32 Å². The summed E-state index contributed by atoms with van der Waals surface area (Å²) in [6.07, 6.45) is 2.65. The zero-order chi connectivity index (χ0) is 14.5. The van der Waals surface area contributed by atoms with Crippen LogP contribution in [0.5, 0.6) is 0 Å². The van der Waals surface area contributed by atoms with Crippen molar-refractivity contribution in [2.75, 3.05) is 19.6 Å². The van der Waals surface area contributed by atoms with E-state index in [9.17, 15) is 0 Å². The van der Waals surface area contributed by atoms with E-state index in [0.29, 0.717) is 12.1 Å². The third kappa shape index (κ3) is 4.31. The van der Waals surface area contributed by atoms with Gasteiger partial charge < -0.3 is 10.2 Å². The normalized spacial score (nSPS) is 20.8. The molecule has 1 heterocycles. The fourth-order valence-corrected chi connectivity index (χ4v) is 3.59. The molecule has 0 radical (unpaired) electrons. The molecule has 0 aliphatic carbocycles. The van der Waals surface area contributed by atoms with Gasteiger partial charge in [-0.2, -0.15) is 0 Å². The number of nitrogens with zero attached hydrogens (tertiary/aromatic N) is 1. The highest BCUT2D eigenvalue weighted by molar-refractivity contribution is 9.10. The second kappa shape index (κ2) is 7.58. The highest BCUT2D eigenvalue weighted by Gasteiger charge is 2.24. The highest BCUT2D eigenvalue weighted by Crippen LogP contribution is 2.24. The van der Waals surface area contributed by atoms with Crippen molar-refractivity contribution in [1.82, 2.24) is 10.2 Å². The zero-order valence-electron chi connectivity index (χ0n) is 12.9. The first-order valence-electron chi connectivity index (χ1n) is 7.84. The van der Waals surface area contributed by atoms with Gasteiger partial charge >= 0.3 is 0 Å². The van der Waals surface area contributed by atoms with E-state index in [-0.39, 0.29) is 0 Å². The van der Waals surface area contributed by atoms with E-state index < -0.39 is 0 Å². The van der Waals surface area contributed by atoms with Crippen LogP contribution in [-0.4, -0.2) is 30.6 Å². The number of likely N-dealkylation sites (tertiary alicyclic amines) is 1. The van der Waals surface area contributed by atoms with Crippen molar-refractivity contribution < 1.29 is 0 Å². The van der Waals surface area contributed by atoms with Gasteiger partial charge in [-0.05, 0) is 69.9 Å². The predicted octanol–water partition coefficient (Wildman–Crippen LogP) is 4.22. The zero-order valence-corrected chi connectivity index (χ0v) is 14.5. The summed E-state index contributed by atoms with van der Waals surface area (Å²) in [5, 5.41) is 3.79. The summed E-state index contributed by atoms with van der Waals surface area (Å²) < 4.78 is 1.16. The Balaban J connectivity index is 1.86. The van der Waals surface area contributed by atoms with E-state index in [2.05, 4.69) is 71.2 Å². The molecular formula is C17H27BrN2. The minimum atomic E-state index is 0.409. The minimum absolute atomic E-state index is 0.409. The smallest absolute Gasteiger partial charge is 0.0294 e. The molecule has 1 saturated heterocycles. The van der Waals surface area contributed by atoms with Crippen LogP contribution in [0.25, 0.3) is 0 Å². The number of hydrogen-bond donors (Lipinski definition) is 1. The van der Waals surface area contributed by atoms with Gasteiger partial charge in [0.25, 0.3) is 0 Å². The standard InChI is InChI=1S/C17H27BrN2/c1-4-20-10-8-15(9-11-20)13(2)19-14(3)16-6-5-7-17(18)12-16/h5-7,12-15,19H,4,8-11H2,1-3H3/t13?,14-/m0/s1. The summed E-state index contributed by atoms with van der Waals surface area (Å²) in [6, 6.07) is 9.61. The van der Waals surface area contributed by atoms with Gasteiger partial charge in [0.05, 0.1) is 0 Å². The number of nitrogens with one attached hydrogen (secondary N) is 1. The molecule has 1 aromatic rings. The summed E-state index contributed by atoms with van der Waals surface area (Å²) >= 11 is 3.55. The summed E-state index contributed by atoms with van der Waals surface area (Å²) in [5.74, 6) is 0.812. The first kappa shape index (κ1) is 16.0. The highest BCUT2D eigenvalue weighted by atomic mass is 79.9. The molecule has 0 bridgehead atoms. The van der Waals surface area contributed by atoms with Crippen molar-refractivity contribution in [1.29, 1.82) is 0 Å². The molecule has 1 aromatic carbocycles. The fourth-order valence-electron chi connectivity index (χ4n) is 3.17. The molecule has 0 saturated carbocycles. The lowest BCUT2D eigenvalue weighted by Gasteiger charge is -2.35. The van der Waals surface area contributed by atoms with Crippen LogP contribution in [0.3, 0.4) is 0 Å². The van der Waals surface area contributed by atoms with Crippen molar-refractivity contribution >= 4 is 15.9 Å². The van der Waals surface area contributed by atoms with Gasteiger partial charge in [0, 0.05) is 16.6 Å². The number of piperidine rings is 1. The Labute approximate surface area is 132 Å². The maximum atomic E-state index is 3.79. The van der Waals surface area contributed by atoms with E-state index in [1.165, 1.54) is 38.0 Å². The van der Waals surface area contributed by atoms with Gasteiger partial charge in [0.1, 0.15) is 0 Å². The van der Waals surface area contributed by atoms with E-state index in [1.807, 2.05) is 0 Å². The van der Waals surface area contributed by atoms with Crippen LogP contribution in [0.15, 0.2) is 28.7 Å². The molecule has 0 spiro atoms. The van der Waals surface area contributed by atoms with Gasteiger partial charge in [0.2, 0.25) is 0 Å². The molecule has 112 valence electrons. The molecule has 3 heteroatoms. The first-order chi connectivity index (χ1) is 9.60. The van der Waals surface area contributed by atoms with Gasteiger partial charge in [-0.15, -0.1) is 0 Å². The molecule has 20 heavy (non-hydrogen) atoms. The van der Waals surface area contributed by atoms with Gasteiger partial charge in [0.15, 0.2) is 0 Å². The van der Waals surface area contributed by atoms with Gasteiger partial charge in [-0.3, -0.25) is 0 Å². The maximum Gasteiger partial charge on any atom is 0.0294 e. The van der Waals surface area contributed by atoms with Crippen LogP contribution in [-0.2, 0) is 0 Å². The number of hydrogen-bond acceptors (Lipinski definition) is 2. The lowest BCUT2D eigenvalue weighted by molar-refractivity contribution is 0.165. The lowest BCUT2D eigenvalue weighted by atomic mass is 9.89. The Kier molecular flexibility index (Phi) is 6.06. The largest absolute Gasteiger partial charge is 0.307 e. The Morgan fingerprint density at radius 1 is 1.30 bits per heavy atom. The molecule has 0 aromatic heterocycles. The minimum Gasteiger partial charge on any atom is -0.307 e. The molecule has 2 atom stereocenters. The average Bonchev–Trinajstić information content (AvgIpc) is 2.47. The quantitative estimate of drug-likeness (QED) is 0.864. The number of rotatable bonds is 5.